The molecule has 0 spiro atoms. The molecule has 4 aliphatic rings. The molecule has 0 heterocycles. The number of carbonyl (C=O) groups excluding carboxylic acids is 2. The summed E-state index contributed by atoms with van der Waals surface area (Å²) in [7, 11) is 1.40. The summed E-state index contributed by atoms with van der Waals surface area (Å²) in [6.07, 6.45) is 4.06. The van der Waals surface area contributed by atoms with E-state index >= 15 is 0 Å². The topological polar surface area (TPSA) is 72.8 Å². The van der Waals surface area contributed by atoms with Crippen LogP contribution in [0.3, 0.4) is 0 Å². The molecule has 4 atom stereocenters. The molecule has 4 fully saturated rings. The van der Waals surface area contributed by atoms with E-state index in [1.54, 1.807) is 6.92 Å². The van der Waals surface area contributed by atoms with E-state index in [-0.39, 0.29) is 23.4 Å². The molecule has 4 bridgehead atoms. The van der Waals surface area contributed by atoms with Gasteiger partial charge in [-0.15, -0.1) is 0 Å². The summed E-state index contributed by atoms with van der Waals surface area (Å²) in [5.74, 6) is -0.653. The second-order valence-electron chi connectivity index (χ2n) is 8.65. The van der Waals surface area contributed by atoms with Crippen LogP contribution >= 0.6 is 0 Å². The van der Waals surface area contributed by atoms with Crippen LogP contribution in [-0.4, -0.2) is 36.4 Å². The lowest BCUT2D eigenvalue weighted by Gasteiger charge is -2.67. The van der Waals surface area contributed by atoms with Gasteiger partial charge in [0.25, 0.3) is 0 Å². The van der Waals surface area contributed by atoms with Crippen molar-refractivity contribution < 1.29 is 24.2 Å². The van der Waals surface area contributed by atoms with Gasteiger partial charge in [0, 0.05) is 18.6 Å². The number of methoxy groups -OCH3 is 1. The highest BCUT2D eigenvalue weighted by Crippen LogP contribution is 2.71. The van der Waals surface area contributed by atoms with Crippen molar-refractivity contribution in [2.24, 2.45) is 16.2 Å². The Bertz CT molecular complexity index is 584. The van der Waals surface area contributed by atoms with Crippen molar-refractivity contribution in [3.63, 3.8) is 0 Å². The monoisotopic (exact) mass is 322 g/mol. The molecule has 5 nitrogen and oxygen atoms in total. The Morgan fingerprint density at radius 1 is 1.13 bits per heavy atom. The van der Waals surface area contributed by atoms with Crippen molar-refractivity contribution in [1.29, 1.82) is 0 Å². The van der Waals surface area contributed by atoms with Crippen molar-refractivity contribution >= 4 is 11.9 Å². The second kappa shape index (κ2) is 4.82. The van der Waals surface area contributed by atoms with Gasteiger partial charge in [0.05, 0.1) is 12.5 Å². The molecule has 4 rings (SSSR count). The highest BCUT2D eigenvalue weighted by Gasteiger charge is 2.70. The minimum atomic E-state index is -0.698. The second-order valence-corrected chi connectivity index (χ2v) is 8.65. The van der Waals surface area contributed by atoms with Crippen molar-refractivity contribution in [3.8, 4) is 0 Å². The molecule has 0 aromatic carbocycles. The predicted molar refractivity (Wildman–Crippen MR) is 83.4 cm³/mol. The number of esters is 2. The average Bonchev–Trinajstić information content (AvgIpc) is 2.43. The summed E-state index contributed by atoms with van der Waals surface area (Å²) in [5.41, 5.74) is -1.49. The van der Waals surface area contributed by atoms with Crippen molar-refractivity contribution in [2.75, 3.05) is 13.7 Å². The van der Waals surface area contributed by atoms with E-state index in [9.17, 15) is 14.7 Å². The Morgan fingerprint density at radius 2 is 1.83 bits per heavy atom. The highest BCUT2D eigenvalue weighted by molar-refractivity contribution is 5.87. The molecule has 0 aromatic rings. The lowest BCUT2D eigenvalue weighted by atomic mass is 9.38. The van der Waals surface area contributed by atoms with Crippen LogP contribution in [0, 0.1) is 16.2 Å². The number of carbonyl (C=O) groups is 2. The SMILES string of the molecule is C=C(C)C(=O)OC12CC3(C)CC(CO)(C1)CC(C(=O)OC)(C3)C2. The standard InChI is InChI=1S/C18H26O5/c1-12(2)13(20)23-18-7-15(3)5-16(9-18,11-19)8-17(6-15,10-18)14(21)22-4/h19H,1,5-11H2,2-4H3. The van der Waals surface area contributed by atoms with E-state index in [1.807, 2.05) is 0 Å². The largest absolute Gasteiger partial charge is 0.469 e. The van der Waals surface area contributed by atoms with Crippen LogP contribution in [-0.2, 0) is 19.1 Å². The molecule has 0 radical (unpaired) electrons. The fourth-order valence-corrected chi connectivity index (χ4v) is 6.26. The summed E-state index contributed by atoms with van der Waals surface area (Å²) < 4.78 is 11.0. The molecule has 4 saturated carbocycles. The van der Waals surface area contributed by atoms with Gasteiger partial charge in [-0.3, -0.25) is 4.79 Å². The molecule has 1 N–H and O–H groups in total. The molecule has 128 valence electrons. The number of hydrogen-bond donors (Lipinski definition) is 1. The molecule has 5 heteroatoms. The first-order valence-electron chi connectivity index (χ1n) is 8.19. The quantitative estimate of drug-likeness (QED) is 0.635. The zero-order valence-electron chi connectivity index (χ0n) is 14.2. The van der Waals surface area contributed by atoms with E-state index in [1.165, 1.54) is 7.11 Å². The fraction of sp³-hybridized carbons (Fsp3) is 0.778. The van der Waals surface area contributed by atoms with Gasteiger partial charge in [-0.2, -0.15) is 0 Å². The maximum Gasteiger partial charge on any atom is 0.333 e. The summed E-state index contributed by atoms with van der Waals surface area (Å²) in [6, 6.07) is 0. The first-order chi connectivity index (χ1) is 10.6. The van der Waals surface area contributed by atoms with Crippen LogP contribution in [0.25, 0.3) is 0 Å². The normalized spacial score (nSPS) is 44.0. The number of rotatable bonds is 4. The minimum absolute atomic E-state index is 0.00765. The lowest BCUT2D eigenvalue weighted by molar-refractivity contribution is -0.251. The van der Waals surface area contributed by atoms with Gasteiger partial charge in [0.1, 0.15) is 5.60 Å². The van der Waals surface area contributed by atoms with E-state index in [2.05, 4.69) is 13.5 Å². The van der Waals surface area contributed by atoms with Crippen LogP contribution in [0.15, 0.2) is 12.2 Å². The Labute approximate surface area is 137 Å². The molecule has 4 unspecified atom stereocenters. The number of ether oxygens (including phenoxy) is 2. The summed E-state index contributed by atoms with van der Waals surface area (Å²) in [4.78, 5) is 24.7. The van der Waals surface area contributed by atoms with Crippen molar-refractivity contribution in [2.45, 2.75) is 58.0 Å². The maximum absolute atomic E-state index is 12.6. The van der Waals surface area contributed by atoms with E-state index in [4.69, 9.17) is 9.47 Å². The third-order valence-corrected chi connectivity index (χ3v) is 6.00. The van der Waals surface area contributed by atoms with Crippen LogP contribution in [0.1, 0.15) is 52.4 Å². The van der Waals surface area contributed by atoms with Gasteiger partial charge in [0.2, 0.25) is 0 Å². The average molecular weight is 322 g/mol. The molecule has 0 aromatic heterocycles. The van der Waals surface area contributed by atoms with Crippen LogP contribution < -0.4 is 0 Å². The summed E-state index contributed by atoms with van der Waals surface area (Å²) in [5, 5.41) is 10.1. The van der Waals surface area contributed by atoms with Crippen LogP contribution in [0.4, 0.5) is 0 Å². The maximum atomic E-state index is 12.6. The molecule has 0 saturated heterocycles. The van der Waals surface area contributed by atoms with Gasteiger partial charge < -0.3 is 14.6 Å². The number of aliphatic hydroxyl groups excluding tert-OH is 1. The minimum Gasteiger partial charge on any atom is -0.469 e. The van der Waals surface area contributed by atoms with Gasteiger partial charge >= 0.3 is 11.9 Å². The zero-order valence-corrected chi connectivity index (χ0v) is 14.2. The van der Waals surface area contributed by atoms with Crippen LogP contribution in [0.5, 0.6) is 0 Å². The van der Waals surface area contributed by atoms with E-state index in [0.29, 0.717) is 24.8 Å². The third kappa shape index (κ3) is 2.40. The van der Waals surface area contributed by atoms with E-state index in [0.717, 1.165) is 19.3 Å². The van der Waals surface area contributed by atoms with Crippen molar-refractivity contribution in [1.82, 2.24) is 0 Å². The van der Waals surface area contributed by atoms with Gasteiger partial charge in [-0.25, -0.2) is 4.79 Å². The Morgan fingerprint density at radius 3 is 2.39 bits per heavy atom. The first-order valence-corrected chi connectivity index (χ1v) is 8.19. The zero-order chi connectivity index (χ0) is 17.1. The Hall–Kier alpha value is -1.36. The molecular formula is C18H26O5. The highest BCUT2D eigenvalue weighted by atomic mass is 16.6. The van der Waals surface area contributed by atoms with Gasteiger partial charge in [0.15, 0.2) is 0 Å². The van der Waals surface area contributed by atoms with Crippen LogP contribution in [0.2, 0.25) is 0 Å². The smallest absolute Gasteiger partial charge is 0.333 e. The fourth-order valence-electron chi connectivity index (χ4n) is 6.26. The third-order valence-electron chi connectivity index (χ3n) is 6.00. The van der Waals surface area contributed by atoms with Gasteiger partial charge in [-0.1, -0.05) is 13.5 Å². The predicted octanol–water partition coefficient (Wildman–Crippen LogP) is 2.37. The first kappa shape index (κ1) is 16.5. The molecule has 0 amide bonds. The summed E-state index contributed by atoms with van der Waals surface area (Å²) >= 11 is 0. The van der Waals surface area contributed by atoms with E-state index < -0.39 is 17.0 Å². The molecule has 23 heavy (non-hydrogen) atoms. The molecule has 4 aliphatic carbocycles. The Balaban J connectivity index is 2.04. The Kier molecular flexibility index (Phi) is 3.46. The lowest BCUT2D eigenvalue weighted by Crippen LogP contribution is -2.67. The van der Waals surface area contributed by atoms with Gasteiger partial charge in [-0.05, 0) is 49.9 Å². The molecule has 0 aliphatic heterocycles. The molecular weight excluding hydrogens is 296 g/mol. The number of aliphatic hydroxyl groups is 1. The summed E-state index contributed by atoms with van der Waals surface area (Å²) in [6.45, 7) is 7.43. The number of hydrogen-bond acceptors (Lipinski definition) is 5. The van der Waals surface area contributed by atoms with Crippen molar-refractivity contribution in [3.05, 3.63) is 12.2 Å².